The number of nitrogens with two attached hydrogens (primary N) is 1. The van der Waals surface area contributed by atoms with Gasteiger partial charge >= 0.3 is 0 Å². The summed E-state index contributed by atoms with van der Waals surface area (Å²) >= 11 is 0. The van der Waals surface area contributed by atoms with Gasteiger partial charge in [-0.3, -0.25) is 0 Å². The molecule has 2 atom stereocenters. The molecule has 1 saturated carbocycles. The van der Waals surface area contributed by atoms with Gasteiger partial charge in [-0.05, 0) is 24.0 Å². The number of fused-ring (bicyclic) bond motifs is 2. The van der Waals surface area contributed by atoms with Crippen LogP contribution < -0.4 is 5.73 Å². The normalized spacial score (nSPS) is 38.5. The third kappa shape index (κ3) is 0.596. The Morgan fingerprint density at radius 2 is 2.36 bits per heavy atom. The standard InChI is InChI=1S/C10H11N/c11-10-8-5-6-3-1-2-4-7(6)9(8)10/h1,3,5,9-10H,2,4,11H2. The topological polar surface area (TPSA) is 26.0 Å². The maximum absolute atomic E-state index is 5.85. The Morgan fingerprint density at radius 1 is 1.45 bits per heavy atom. The SMILES string of the molecule is NC1C2=CC3=C(CCC=C3)C21. The third-order valence-corrected chi connectivity index (χ3v) is 2.94. The van der Waals surface area contributed by atoms with E-state index in [4.69, 9.17) is 5.73 Å². The number of hydrogen-bond donors (Lipinski definition) is 1. The van der Waals surface area contributed by atoms with Crippen LogP contribution in [0.4, 0.5) is 0 Å². The summed E-state index contributed by atoms with van der Waals surface area (Å²) in [6.07, 6.45) is 9.23. The summed E-state index contributed by atoms with van der Waals surface area (Å²) < 4.78 is 0. The van der Waals surface area contributed by atoms with Gasteiger partial charge < -0.3 is 5.73 Å². The zero-order valence-electron chi connectivity index (χ0n) is 6.38. The molecule has 1 fully saturated rings. The molecular formula is C10H11N. The van der Waals surface area contributed by atoms with Gasteiger partial charge in [0, 0.05) is 12.0 Å². The van der Waals surface area contributed by atoms with Gasteiger partial charge in [-0.25, -0.2) is 0 Å². The van der Waals surface area contributed by atoms with Crippen molar-refractivity contribution < 1.29 is 0 Å². The lowest BCUT2D eigenvalue weighted by Gasteiger charge is -2.09. The van der Waals surface area contributed by atoms with E-state index in [9.17, 15) is 0 Å². The monoisotopic (exact) mass is 145 g/mol. The molecule has 0 aromatic carbocycles. The molecule has 0 spiro atoms. The lowest BCUT2D eigenvalue weighted by Crippen LogP contribution is -2.07. The van der Waals surface area contributed by atoms with Crippen LogP contribution in [-0.2, 0) is 0 Å². The lowest BCUT2D eigenvalue weighted by molar-refractivity contribution is 0.818. The third-order valence-electron chi connectivity index (χ3n) is 2.94. The summed E-state index contributed by atoms with van der Waals surface area (Å²) in [7, 11) is 0. The molecule has 0 heterocycles. The van der Waals surface area contributed by atoms with Crippen molar-refractivity contribution in [2.75, 3.05) is 0 Å². The Morgan fingerprint density at radius 3 is 3.27 bits per heavy atom. The summed E-state index contributed by atoms with van der Waals surface area (Å²) in [5.74, 6) is 0.662. The van der Waals surface area contributed by atoms with Crippen molar-refractivity contribution in [3.63, 3.8) is 0 Å². The van der Waals surface area contributed by atoms with E-state index < -0.39 is 0 Å². The Hall–Kier alpha value is -0.820. The molecule has 0 bridgehead atoms. The molecule has 0 saturated heterocycles. The first-order valence-electron chi connectivity index (χ1n) is 4.24. The smallest absolute Gasteiger partial charge is 0.0369 e. The van der Waals surface area contributed by atoms with Crippen molar-refractivity contribution in [3.8, 4) is 0 Å². The van der Waals surface area contributed by atoms with Crippen LogP contribution in [0, 0.1) is 5.92 Å². The molecule has 0 aliphatic heterocycles. The first-order valence-corrected chi connectivity index (χ1v) is 4.24. The fourth-order valence-electron chi connectivity index (χ4n) is 2.26. The van der Waals surface area contributed by atoms with Crippen molar-refractivity contribution in [2.45, 2.75) is 18.9 Å². The predicted octanol–water partition coefficient (Wildman–Crippen LogP) is 1.53. The molecule has 1 nitrogen and oxygen atoms in total. The molecule has 2 N–H and O–H groups in total. The minimum atomic E-state index is 0.389. The molecule has 3 aliphatic rings. The second kappa shape index (κ2) is 1.67. The highest BCUT2D eigenvalue weighted by Crippen LogP contribution is 2.52. The molecule has 56 valence electrons. The van der Waals surface area contributed by atoms with Crippen LogP contribution in [0.3, 0.4) is 0 Å². The average molecular weight is 145 g/mol. The second-order valence-electron chi connectivity index (χ2n) is 3.57. The predicted molar refractivity (Wildman–Crippen MR) is 44.9 cm³/mol. The van der Waals surface area contributed by atoms with Crippen LogP contribution in [0.25, 0.3) is 0 Å². The van der Waals surface area contributed by atoms with Crippen LogP contribution in [0.2, 0.25) is 0 Å². The van der Waals surface area contributed by atoms with E-state index in [1.165, 1.54) is 24.0 Å². The summed E-state index contributed by atoms with van der Waals surface area (Å²) in [6.45, 7) is 0. The van der Waals surface area contributed by atoms with E-state index in [2.05, 4.69) is 18.2 Å². The van der Waals surface area contributed by atoms with Gasteiger partial charge in [-0.2, -0.15) is 0 Å². The zero-order chi connectivity index (χ0) is 7.42. The summed E-state index contributed by atoms with van der Waals surface area (Å²) in [5.41, 5.74) is 10.4. The van der Waals surface area contributed by atoms with Gasteiger partial charge in [-0.15, -0.1) is 0 Å². The van der Waals surface area contributed by atoms with Crippen LogP contribution in [0.5, 0.6) is 0 Å². The van der Waals surface area contributed by atoms with Gasteiger partial charge in [0.25, 0.3) is 0 Å². The van der Waals surface area contributed by atoms with Gasteiger partial charge in [-0.1, -0.05) is 23.8 Å². The van der Waals surface area contributed by atoms with Crippen LogP contribution >= 0.6 is 0 Å². The first kappa shape index (κ1) is 5.78. The van der Waals surface area contributed by atoms with E-state index in [0.29, 0.717) is 12.0 Å². The molecule has 0 aromatic heterocycles. The number of allylic oxidation sites excluding steroid dienone is 4. The fourth-order valence-corrected chi connectivity index (χ4v) is 2.26. The van der Waals surface area contributed by atoms with Crippen molar-refractivity contribution in [2.24, 2.45) is 11.7 Å². The molecule has 3 aliphatic carbocycles. The van der Waals surface area contributed by atoms with E-state index >= 15 is 0 Å². The molecule has 1 heteroatoms. The van der Waals surface area contributed by atoms with Crippen molar-refractivity contribution >= 4 is 0 Å². The maximum atomic E-state index is 5.85. The van der Waals surface area contributed by atoms with E-state index in [1.54, 1.807) is 5.57 Å². The molecule has 0 aromatic rings. The van der Waals surface area contributed by atoms with E-state index in [1.807, 2.05) is 0 Å². The molecule has 0 amide bonds. The Bertz CT molecular complexity index is 307. The van der Waals surface area contributed by atoms with Crippen LogP contribution in [-0.4, -0.2) is 6.04 Å². The van der Waals surface area contributed by atoms with Gasteiger partial charge in [0.05, 0.1) is 0 Å². The van der Waals surface area contributed by atoms with Crippen LogP contribution in [0.1, 0.15) is 12.8 Å². The molecule has 3 rings (SSSR count). The van der Waals surface area contributed by atoms with Crippen LogP contribution in [0.15, 0.2) is 34.9 Å². The quantitative estimate of drug-likeness (QED) is 0.549. The zero-order valence-corrected chi connectivity index (χ0v) is 6.38. The average Bonchev–Trinajstić information content (AvgIpc) is 2.55. The molecule has 11 heavy (non-hydrogen) atoms. The van der Waals surface area contributed by atoms with Crippen molar-refractivity contribution in [3.05, 3.63) is 34.9 Å². The Kier molecular flexibility index (Phi) is 0.878. The molecule has 2 unspecified atom stereocenters. The van der Waals surface area contributed by atoms with E-state index in [-0.39, 0.29) is 0 Å². The van der Waals surface area contributed by atoms with Crippen molar-refractivity contribution in [1.82, 2.24) is 0 Å². The number of rotatable bonds is 0. The fraction of sp³-hybridized carbons (Fsp3) is 0.400. The lowest BCUT2D eigenvalue weighted by atomic mass is 9.96. The Labute approximate surface area is 66.3 Å². The second-order valence-corrected chi connectivity index (χ2v) is 3.57. The maximum Gasteiger partial charge on any atom is 0.0369 e. The molecule has 0 radical (unpaired) electrons. The summed E-state index contributed by atoms with van der Waals surface area (Å²) in [4.78, 5) is 0. The summed E-state index contributed by atoms with van der Waals surface area (Å²) in [5, 5.41) is 0. The van der Waals surface area contributed by atoms with Gasteiger partial charge in [0.15, 0.2) is 0 Å². The minimum Gasteiger partial charge on any atom is -0.323 e. The van der Waals surface area contributed by atoms with Gasteiger partial charge in [0.1, 0.15) is 0 Å². The molecular weight excluding hydrogens is 134 g/mol. The van der Waals surface area contributed by atoms with E-state index in [0.717, 1.165) is 0 Å². The largest absolute Gasteiger partial charge is 0.323 e. The summed E-state index contributed by atoms with van der Waals surface area (Å²) in [6, 6.07) is 0.389. The highest BCUT2D eigenvalue weighted by Gasteiger charge is 2.47. The van der Waals surface area contributed by atoms with Gasteiger partial charge in [0.2, 0.25) is 0 Å². The minimum absolute atomic E-state index is 0.389. The highest BCUT2D eigenvalue weighted by atomic mass is 14.8. The Balaban J connectivity index is 2.05. The van der Waals surface area contributed by atoms with Crippen molar-refractivity contribution in [1.29, 1.82) is 0 Å². The number of hydrogen-bond acceptors (Lipinski definition) is 1. The highest BCUT2D eigenvalue weighted by molar-refractivity contribution is 5.60. The first-order chi connectivity index (χ1) is 5.38.